The van der Waals surface area contributed by atoms with E-state index >= 15 is 0 Å². The van der Waals surface area contributed by atoms with Gasteiger partial charge in [0.05, 0.1) is 5.56 Å². The molecule has 0 radical (unpaired) electrons. The molecule has 0 aliphatic heterocycles. The Labute approximate surface area is 179 Å². The van der Waals surface area contributed by atoms with Crippen LogP contribution in [-0.4, -0.2) is 39.7 Å². The maximum atomic E-state index is 11.7. The third-order valence-electron chi connectivity index (χ3n) is 4.51. The van der Waals surface area contributed by atoms with Crippen molar-refractivity contribution >= 4 is 11.6 Å². The molecule has 7 nitrogen and oxygen atoms in total. The van der Waals surface area contributed by atoms with E-state index in [0.717, 1.165) is 11.1 Å². The molecule has 154 valence electrons. The molecule has 0 atom stereocenters. The van der Waals surface area contributed by atoms with E-state index in [1.165, 1.54) is 7.11 Å². The Morgan fingerprint density at radius 1 is 0.806 bits per heavy atom. The molecule has 7 heteroatoms. The normalized spacial score (nSPS) is 10.6. The maximum Gasteiger partial charge on any atom is 0.250 e. The molecule has 1 amide bonds. The zero-order valence-electron chi connectivity index (χ0n) is 16.8. The summed E-state index contributed by atoms with van der Waals surface area (Å²) in [5.74, 6) is 1.20. The molecule has 1 heterocycles. The highest BCUT2D eigenvalue weighted by Gasteiger charge is 2.14. The second-order valence-corrected chi connectivity index (χ2v) is 6.75. The molecule has 0 saturated carbocycles. The van der Waals surface area contributed by atoms with Gasteiger partial charge < -0.3 is 15.2 Å². The number of nitrogens with one attached hydrogen (secondary N) is 1. The number of para-hydroxylation sites is 1. The number of aromatic nitrogens is 3. The second-order valence-electron chi connectivity index (χ2n) is 6.75. The van der Waals surface area contributed by atoms with Gasteiger partial charge in [-0.3, -0.25) is 4.79 Å². The fourth-order valence-electron chi connectivity index (χ4n) is 3.04. The molecule has 0 fully saturated rings. The minimum atomic E-state index is -0.233. The van der Waals surface area contributed by atoms with Gasteiger partial charge in [-0.2, -0.15) is 0 Å². The van der Waals surface area contributed by atoms with Gasteiger partial charge in [0.15, 0.2) is 17.5 Å². The van der Waals surface area contributed by atoms with Gasteiger partial charge >= 0.3 is 0 Å². The number of hydrogen-bond donors (Lipinski definition) is 2. The van der Waals surface area contributed by atoms with Crippen molar-refractivity contribution in [2.24, 2.45) is 0 Å². The molecule has 3 aromatic carbocycles. The molecule has 0 aliphatic carbocycles. The number of nitrogens with zero attached hydrogens (tertiary/aromatic N) is 3. The van der Waals surface area contributed by atoms with Gasteiger partial charge in [-0.1, -0.05) is 42.5 Å². The Morgan fingerprint density at radius 3 is 2.03 bits per heavy atom. The molecular formula is C24H20N4O3. The maximum absolute atomic E-state index is 11.7. The fourth-order valence-corrected chi connectivity index (χ4v) is 3.04. The number of phenolic OH excluding ortho intramolecular Hbond substituents is 1. The molecule has 1 aromatic heterocycles. The van der Waals surface area contributed by atoms with Crippen molar-refractivity contribution in [3.05, 3.63) is 78.9 Å². The first-order valence-corrected chi connectivity index (χ1v) is 9.63. The summed E-state index contributed by atoms with van der Waals surface area (Å²) in [6.07, 6.45) is 0. The van der Waals surface area contributed by atoms with E-state index < -0.39 is 0 Å². The molecule has 2 N–H and O–H groups in total. The summed E-state index contributed by atoms with van der Waals surface area (Å²) in [7, 11) is 1.47. The number of hydrogen-bond acceptors (Lipinski definition) is 6. The van der Waals surface area contributed by atoms with Gasteiger partial charge in [-0.05, 0) is 36.4 Å². The van der Waals surface area contributed by atoms with Gasteiger partial charge in [-0.25, -0.2) is 15.0 Å². The van der Waals surface area contributed by atoms with Crippen molar-refractivity contribution in [1.82, 2.24) is 15.0 Å². The van der Waals surface area contributed by atoms with Crippen LogP contribution in [0.2, 0.25) is 0 Å². The summed E-state index contributed by atoms with van der Waals surface area (Å²) >= 11 is 0. The minimum Gasteiger partial charge on any atom is -0.507 e. The van der Waals surface area contributed by atoms with Crippen LogP contribution in [0.15, 0.2) is 78.9 Å². The van der Waals surface area contributed by atoms with E-state index in [0.29, 0.717) is 28.7 Å². The van der Waals surface area contributed by atoms with E-state index in [-0.39, 0.29) is 18.3 Å². The largest absolute Gasteiger partial charge is 0.507 e. The molecule has 0 aliphatic rings. The topological polar surface area (TPSA) is 97.2 Å². The first-order chi connectivity index (χ1) is 15.1. The Bertz CT molecular complexity index is 1200. The van der Waals surface area contributed by atoms with Crippen molar-refractivity contribution < 1.29 is 14.6 Å². The molecule has 0 saturated heterocycles. The van der Waals surface area contributed by atoms with Crippen molar-refractivity contribution in [1.29, 1.82) is 0 Å². The van der Waals surface area contributed by atoms with Crippen LogP contribution in [0.25, 0.3) is 34.2 Å². The van der Waals surface area contributed by atoms with E-state index in [9.17, 15) is 9.90 Å². The lowest BCUT2D eigenvalue weighted by Gasteiger charge is -2.10. The molecule has 4 rings (SSSR count). The van der Waals surface area contributed by atoms with E-state index in [1.54, 1.807) is 30.3 Å². The van der Waals surface area contributed by atoms with Gasteiger partial charge in [0.25, 0.3) is 0 Å². The SMILES string of the molecule is COCC(=O)Nc1ccc(-c2nc(-c3ccccc3)nc(-c3ccccc3O)n2)cc1. The number of rotatable bonds is 6. The predicted octanol–water partition coefficient (Wildman–Crippen LogP) is 4.16. The van der Waals surface area contributed by atoms with Crippen LogP contribution in [0, 0.1) is 0 Å². The lowest BCUT2D eigenvalue weighted by Crippen LogP contribution is -2.16. The number of aromatic hydroxyl groups is 1. The average Bonchev–Trinajstić information content (AvgIpc) is 2.80. The Balaban J connectivity index is 1.76. The van der Waals surface area contributed by atoms with Crippen LogP contribution in [0.1, 0.15) is 0 Å². The number of anilines is 1. The van der Waals surface area contributed by atoms with Crippen molar-refractivity contribution in [2.45, 2.75) is 0 Å². The highest BCUT2D eigenvalue weighted by Crippen LogP contribution is 2.29. The number of amides is 1. The standard InChI is InChI=1S/C24H20N4O3/c1-31-15-21(30)25-18-13-11-17(12-14-18)23-26-22(16-7-3-2-4-8-16)27-24(28-23)19-9-5-6-10-20(19)29/h2-14,29H,15H2,1H3,(H,25,30). The monoisotopic (exact) mass is 412 g/mol. The highest BCUT2D eigenvalue weighted by molar-refractivity contribution is 5.91. The van der Waals surface area contributed by atoms with Crippen LogP contribution >= 0.6 is 0 Å². The summed E-state index contributed by atoms with van der Waals surface area (Å²) in [6.45, 7) is -0.0143. The molecule has 0 unspecified atom stereocenters. The first-order valence-electron chi connectivity index (χ1n) is 9.63. The number of carbonyl (C=O) groups is 1. The summed E-state index contributed by atoms with van der Waals surface area (Å²) < 4.78 is 4.83. The molecule has 0 spiro atoms. The van der Waals surface area contributed by atoms with Crippen LogP contribution in [-0.2, 0) is 9.53 Å². The molecular weight excluding hydrogens is 392 g/mol. The van der Waals surface area contributed by atoms with Crippen molar-refractivity contribution in [3.63, 3.8) is 0 Å². The van der Waals surface area contributed by atoms with Gasteiger partial charge in [-0.15, -0.1) is 0 Å². The lowest BCUT2D eigenvalue weighted by molar-refractivity contribution is -0.119. The zero-order valence-corrected chi connectivity index (χ0v) is 16.8. The summed E-state index contributed by atoms with van der Waals surface area (Å²) in [5, 5.41) is 13.1. The molecule has 31 heavy (non-hydrogen) atoms. The minimum absolute atomic E-state index is 0.0143. The van der Waals surface area contributed by atoms with E-state index in [2.05, 4.69) is 20.3 Å². The third kappa shape index (κ3) is 4.73. The molecule has 4 aromatic rings. The van der Waals surface area contributed by atoms with Gasteiger partial charge in [0.2, 0.25) is 5.91 Å². The Kier molecular flexibility index (Phi) is 5.96. The van der Waals surface area contributed by atoms with E-state index in [1.807, 2.05) is 48.5 Å². The van der Waals surface area contributed by atoms with Crippen LogP contribution in [0.3, 0.4) is 0 Å². The van der Waals surface area contributed by atoms with Crippen molar-refractivity contribution in [3.8, 4) is 39.9 Å². The van der Waals surface area contributed by atoms with E-state index in [4.69, 9.17) is 4.74 Å². The molecule has 0 bridgehead atoms. The van der Waals surface area contributed by atoms with Crippen LogP contribution in [0.4, 0.5) is 5.69 Å². The zero-order chi connectivity index (χ0) is 21.6. The third-order valence-corrected chi connectivity index (χ3v) is 4.51. The second kappa shape index (κ2) is 9.15. The quantitative estimate of drug-likeness (QED) is 0.493. The van der Waals surface area contributed by atoms with Crippen LogP contribution < -0.4 is 5.32 Å². The highest BCUT2D eigenvalue weighted by atomic mass is 16.5. The number of carbonyl (C=O) groups excluding carboxylic acids is 1. The van der Waals surface area contributed by atoms with Crippen LogP contribution in [0.5, 0.6) is 5.75 Å². The Morgan fingerprint density at radius 2 is 1.39 bits per heavy atom. The van der Waals surface area contributed by atoms with Gasteiger partial charge in [0.1, 0.15) is 12.4 Å². The lowest BCUT2D eigenvalue weighted by atomic mass is 10.1. The average molecular weight is 412 g/mol. The Hall–Kier alpha value is -4.10. The number of ether oxygens (including phenoxy) is 1. The predicted molar refractivity (Wildman–Crippen MR) is 118 cm³/mol. The summed E-state index contributed by atoms with van der Waals surface area (Å²) in [5.41, 5.74) is 2.75. The first kappa shape index (κ1) is 20.2. The number of phenols is 1. The smallest absolute Gasteiger partial charge is 0.250 e. The number of benzene rings is 3. The number of methoxy groups -OCH3 is 1. The van der Waals surface area contributed by atoms with Gasteiger partial charge in [0, 0.05) is 23.9 Å². The van der Waals surface area contributed by atoms with Crippen molar-refractivity contribution in [2.75, 3.05) is 19.0 Å². The summed E-state index contributed by atoms with van der Waals surface area (Å²) in [4.78, 5) is 25.5. The fraction of sp³-hybridized carbons (Fsp3) is 0.0833. The summed E-state index contributed by atoms with van der Waals surface area (Å²) in [6, 6.07) is 23.7.